The highest BCUT2D eigenvalue weighted by Gasteiger charge is 2.33. The molecule has 0 aliphatic heterocycles. The van der Waals surface area contributed by atoms with Crippen molar-refractivity contribution in [2.45, 2.75) is 64.4 Å². The predicted octanol–water partition coefficient (Wildman–Crippen LogP) is 0.0386. The van der Waals surface area contributed by atoms with E-state index in [2.05, 4.69) is 21.3 Å². The number of carboxylic acids is 1. The topological polar surface area (TPSA) is 177 Å². The van der Waals surface area contributed by atoms with Crippen molar-refractivity contribution in [3.05, 3.63) is 30.3 Å². The molecule has 0 aromatic heterocycles. The fourth-order valence-corrected chi connectivity index (χ4v) is 2.84. The summed E-state index contributed by atoms with van der Waals surface area (Å²) in [4.78, 5) is 48.8. The molecule has 4 amide bonds. The zero-order valence-electron chi connectivity index (χ0n) is 18.5. The summed E-state index contributed by atoms with van der Waals surface area (Å²) in [6.07, 6.45) is -2.55. The summed E-state index contributed by atoms with van der Waals surface area (Å²) in [7, 11) is 0. The number of urea groups is 1. The lowest BCUT2D eigenvalue weighted by atomic mass is 10.0. The van der Waals surface area contributed by atoms with Gasteiger partial charge in [0.2, 0.25) is 11.8 Å². The number of nitrogens with one attached hydrogen (secondary N) is 4. The van der Waals surface area contributed by atoms with Crippen LogP contribution in [0.4, 0.5) is 10.5 Å². The highest BCUT2D eigenvalue weighted by Crippen LogP contribution is 2.07. The first-order chi connectivity index (χ1) is 14.9. The van der Waals surface area contributed by atoms with Gasteiger partial charge in [-0.1, -0.05) is 32.0 Å². The molecule has 0 aliphatic carbocycles. The number of rotatable bonds is 11. The Morgan fingerprint density at radius 1 is 0.812 bits per heavy atom. The third-order valence-corrected chi connectivity index (χ3v) is 4.47. The average Bonchev–Trinajstić information content (AvgIpc) is 2.69. The van der Waals surface area contributed by atoms with Crippen LogP contribution in [0, 0.1) is 5.92 Å². The second-order valence-corrected chi connectivity index (χ2v) is 7.94. The first-order valence-electron chi connectivity index (χ1n) is 10.2. The van der Waals surface area contributed by atoms with Crippen LogP contribution in [-0.2, 0) is 14.4 Å². The van der Waals surface area contributed by atoms with E-state index >= 15 is 0 Å². The van der Waals surface area contributed by atoms with Crippen LogP contribution in [0.3, 0.4) is 0 Å². The predicted molar refractivity (Wildman–Crippen MR) is 117 cm³/mol. The molecule has 11 heteroatoms. The first-order valence-corrected chi connectivity index (χ1v) is 10.2. The SMILES string of the molecule is CC(C)C[C@H](NC(=O)[C@@H](NC(=O)[C@@H](NC(=O)Nc1ccccc1)[C@@H](C)O)[C@@H](C)O)C(=O)O. The summed E-state index contributed by atoms with van der Waals surface area (Å²) in [6, 6.07) is 3.49. The maximum atomic E-state index is 12.7. The number of aliphatic hydroxyl groups is 2. The second-order valence-electron chi connectivity index (χ2n) is 7.94. The van der Waals surface area contributed by atoms with Crippen molar-refractivity contribution >= 4 is 29.5 Å². The minimum absolute atomic E-state index is 0.0251. The highest BCUT2D eigenvalue weighted by atomic mass is 16.4. The summed E-state index contributed by atoms with van der Waals surface area (Å²) in [5.74, 6) is -3.11. The van der Waals surface area contributed by atoms with Gasteiger partial charge in [0.15, 0.2) is 0 Å². The Labute approximate surface area is 186 Å². The van der Waals surface area contributed by atoms with Crippen LogP contribution < -0.4 is 21.3 Å². The summed E-state index contributed by atoms with van der Waals surface area (Å²) >= 11 is 0. The standard InChI is InChI=1S/C21H32N4O7/c1-11(2)10-15(20(30)31)23-18(28)16(12(3)26)24-19(29)17(13(4)27)25-21(32)22-14-8-6-5-7-9-14/h5-9,11-13,15-17,26-27H,10H2,1-4H3,(H,23,28)(H,24,29)(H,30,31)(H2,22,25,32)/t12-,13-,15+,16+,17+/m1/s1. The first kappa shape index (κ1) is 26.9. The van der Waals surface area contributed by atoms with Gasteiger partial charge >= 0.3 is 12.0 Å². The number of anilines is 1. The number of carbonyl (C=O) groups is 4. The molecule has 178 valence electrons. The molecule has 1 aromatic rings. The van der Waals surface area contributed by atoms with Gasteiger partial charge in [0.05, 0.1) is 12.2 Å². The van der Waals surface area contributed by atoms with Crippen LogP contribution in [0.1, 0.15) is 34.1 Å². The Kier molecular flexibility index (Phi) is 10.6. The molecule has 0 radical (unpaired) electrons. The molecule has 1 rings (SSSR count). The number of para-hydroxylation sites is 1. The molecule has 5 atom stereocenters. The van der Waals surface area contributed by atoms with Crippen molar-refractivity contribution in [2.75, 3.05) is 5.32 Å². The maximum Gasteiger partial charge on any atom is 0.326 e. The Balaban J connectivity index is 2.86. The average molecular weight is 453 g/mol. The molecular formula is C21H32N4O7. The fourth-order valence-electron chi connectivity index (χ4n) is 2.84. The largest absolute Gasteiger partial charge is 0.480 e. The zero-order valence-corrected chi connectivity index (χ0v) is 18.5. The molecule has 32 heavy (non-hydrogen) atoms. The molecule has 0 fully saturated rings. The van der Waals surface area contributed by atoms with E-state index < -0.39 is 54.1 Å². The third kappa shape index (κ3) is 8.90. The Morgan fingerprint density at radius 3 is 1.78 bits per heavy atom. The third-order valence-electron chi connectivity index (χ3n) is 4.47. The van der Waals surface area contributed by atoms with Crippen LogP contribution >= 0.6 is 0 Å². The van der Waals surface area contributed by atoms with E-state index in [1.807, 2.05) is 0 Å². The molecule has 0 heterocycles. The number of carboxylic acid groups (broad SMARTS) is 1. The van der Waals surface area contributed by atoms with Crippen LogP contribution in [0.5, 0.6) is 0 Å². The molecule has 11 nitrogen and oxygen atoms in total. The second kappa shape index (κ2) is 12.6. The quantitative estimate of drug-likeness (QED) is 0.248. The van der Waals surface area contributed by atoms with Crippen molar-refractivity contribution in [1.82, 2.24) is 16.0 Å². The zero-order chi connectivity index (χ0) is 24.4. The molecule has 7 N–H and O–H groups in total. The van der Waals surface area contributed by atoms with E-state index in [0.717, 1.165) is 0 Å². The monoisotopic (exact) mass is 452 g/mol. The minimum atomic E-state index is -1.50. The van der Waals surface area contributed by atoms with Gasteiger partial charge in [-0.3, -0.25) is 9.59 Å². The minimum Gasteiger partial charge on any atom is -0.480 e. The fraction of sp³-hybridized carbons (Fsp3) is 0.524. The number of aliphatic carboxylic acids is 1. The molecule has 0 aliphatic rings. The van der Waals surface area contributed by atoms with Gasteiger partial charge in [0.25, 0.3) is 0 Å². The van der Waals surface area contributed by atoms with Crippen LogP contribution in [0.25, 0.3) is 0 Å². The van der Waals surface area contributed by atoms with Crippen molar-refractivity contribution in [2.24, 2.45) is 5.92 Å². The summed E-state index contributed by atoms with van der Waals surface area (Å²) < 4.78 is 0. The van der Waals surface area contributed by atoms with E-state index in [4.69, 9.17) is 0 Å². The molecule has 0 bridgehead atoms. The van der Waals surface area contributed by atoms with E-state index in [1.165, 1.54) is 13.8 Å². The normalized spacial score (nSPS) is 15.6. The van der Waals surface area contributed by atoms with Gasteiger partial charge in [-0.2, -0.15) is 0 Å². The summed E-state index contributed by atoms with van der Waals surface area (Å²) in [5, 5.41) is 38.6. The van der Waals surface area contributed by atoms with Gasteiger partial charge in [-0.25, -0.2) is 9.59 Å². The van der Waals surface area contributed by atoms with Crippen LogP contribution in [0.15, 0.2) is 30.3 Å². The highest BCUT2D eigenvalue weighted by molar-refractivity contribution is 5.96. The van der Waals surface area contributed by atoms with Crippen molar-refractivity contribution in [3.63, 3.8) is 0 Å². The molecule has 1 aromatic carbocycles. The van der Waals surface area contributed by atoms with Crippen molar-refractivity contribution < 1.29 is 34.5 Å². The van der Waals surface area contributed by atoms with E-state index in [-0.39, 0.29) is 12.3 Å². The Hall–Kier alpha value is -3.18. The Bertz CT molecular complexity index is 784. The van der Waals surface area contributed by atoms with Gasteiger partial charge in [-0.15, -0.1) is 0 Å². The maximum absolute atomic E-state index is 12.7. The summed E-state index contributed by atoms with van der Waals surface area (Å²) in [5.41, 5.74) is 0.459. The molecule has 0 saturated heterocycles. The van der Waals surface area contributed by atoms with Gasteiger partial charge in [0, 0.05) is 5.69 Å². The lowest BCUT2D eigenvalue weighted by Crippen LogP contribution is -2.61. The molecule has 0 saturated carbocycles. The number of hydrogen-bond donors (Lipinski definition) is 7. The number of carbonyl (C=O) groups excluding carboxylic acids is 3. The Morgan fingerprint density at radius 2 is 1.31 bits per heavy atom. The van der Waals surface area contributed by atoms with E-state index in [0.29, 0.717) is 5.69 Å². The lowest BCUT2D eigenvalue weighted by Gasteiger charge is -2.27. The number of aliphatic hydroxyl groups excluding tert-OH is 2. The number of hydrogen-bond acceptors (Lipinski definition) is 6. The molecule has 0 spiro atoms. The van der Waals surface area contributed by atoms with Crippen LogP contribution in [0.2, 0.25) is 0 Å². The molecule has 0 unspecified atom stereocenters. The smallest absolute Gasteiger partial charge is 0.326 e. The van der Waals surface area contributed by atoms with Gasteiger partial charge < -0.3 is 36.6 Å². The number of amides is 4. The van der Waals surface area contributed by atoms with Crippen LogP contribution in [-0.4, -0.2) is 69.5 Å². The van der Waals surface area contributed by atoms with Crippen molar-refractivity contribution in [3.8, 4) is 0 Å². The van der Waals surface area contributed by atoms with Crippen molar-refractivity contribution in [1.29, 1.82) is 0 Å². The van der Waals surface area contributed by atoms with Gasteiger partial charge in [0.1, 0.15) is 18.1 Å². The van der Waals surface area contributed by atoms with E-state index in [9.17, 15) is 34.5 Å². The lowest BCUT2D eigenvalue weighted by molar-refractivity contribution is -0.143. The summed E-state index contributed by atoms with van der Waals surface area (Å²) in [6.45, 7) is 6.09. The van der Waals surface area contributed by atoms with Gasteiger partial charge in [-0.05, 0) is 38.3 Å². The number of benzene rings is 1. The van der Waals surface area contributed by atoms with E-state index in [1.54, 1.807) is 44.2 Å². The molecular weight excluding hydrogens is 420 g/mol.